The van der Waals surface area contributed by atoms with E-state index < -0.39 is 4.92 Å². The molecule has 0 radical (unpaired) electrons. The van der Waals surface area contributed by atoms with Crippen molar-refractivity contribution in [1.82, 2.24) is 9.97 Å². The normalized spacial score (nSPS) is 10.2. The first-order valence-corrected chi connectivity index (χ1v) is 6.38. The largest absolute Gasteiger partial charge is 0.355 e. The molecule has 8 nitrogen and oxygen atoms in total. The van der Waals surface area contributed by atoms with Crippen LogP contribution in [-0.4, -0.2) is 21.4 Å². The quantitative estimate of drug-likeness (QED) is 0.492. The van der Waals surface area contributed by atoms with Crippen LogP contribution in [0.4, 0.5) is 23.0 Å². The lowest BCUT2D eigenvalue weighted by molar-refractivity contribution is -0.383. The number of benzene rings is 1. The molecule has 0 amide bonds. The summed E-state index contributed by atoms with van der Waals surface area (Å²) < 4.78 is 0. The average Bonchev–Trinajstić information content (AvgIpc) is 2.49. The fourth-order valence-corrected chi connectivity index (χ4v) is 2.02. The van der Waals surface area contributed by atoms with Crippen molar-refractivity contribution in [2.24, 2.45) is 5.84 Å². The Hall–Kier alpha value is -2.74. The van der Waals surface area contributed by atoms with Crippen LogP contribution in [0, 0.1) is 17.0 Å². The van der Waals surface area contributed by atoms with Gasteiger partial charge in [-0.3, -0.25) is 10.1 Å². The van der Waals surface area contributed by atoms with E-state index in [1.807, 2.05) is 38.1 Å². The van der Waals surface area contributed by atoms with E-state index in [-0.39, 0.29) is 17.3 Å². The number of anilines is 3. The smallest absolute Gasteiger partial charge is 0.321 e. The Kier molecular flexibility index (Phi) is 4.29. The Bertz CT molecular complexity index is 644. The highest BCUT2D eigenvalue weighted by Gasteiger charge is 2.26. The Balaban J connectivity index is 2.57. The highest BCUT2D eigenvalue weighted by atomic mass is 16.6. The van der Waals surface area contributed by atoms with Crippen LogP contribution >= 0.6 is 0 Å². The monoisotopic (exact) mass is 288 g/mol. The molecule has 0 aliphatic heterocycles. The molecule has 21 heavy (non-hydrogen) atoms. The number of aryl methyl sites for hydroxylation is 1. The number of aromatic nitrogens is 2. The number of hydrazine groups is 1. The Morgan fingerprint density at radius 1 is 1.33 bits per heavy atom. The van der Waals surface area contributed by atoms with Crippen molar-refractivity contribution < 1.29 is 4.92 Å². The fourth-order valence-electron chi connectivity index (χ4n) is 2.02. The summed E-state index contributed by atoms with van der Waals surface area (Å²) in [5.41, 5.74) is 3.91. The van der Waals surface area contributed by atoms with Crippen LogP contribution in [0.15, 0.2) is 30.6 Å². The number of hydrogen-bond donors (Lipinski definition) is 2. The second kappa shape index (κ2) is 6.14. The standard InChI is InChI=1S/C13H16N6O2/c1-3-18(10-6-4-9(2)5-7-10)13-11(19(20)21)12(17-14)15-8-16-13/h4-8H,3,14H2,1-2H3,(H,15,16,17). The Morgan fingerprint density at radius 3 is 2.52 bits per heavy atom. The van der Waals surface area contributed by atoms with Crippen LogP contribution in [0.5, 0.6) is 0 Å². The van der Waals surface area contributed by atoms with Crippen LogP contribution in [0.3, 0.4) is 0 Å². The van der Waals surface area contributed by atoms with Gasteiger partial charge in [0.05, 0.1) is 4.92 Å². The van der Waals surface area contributed by atoms with Gasteiger partial charge in [0.1, 0.15) is 6.33 Å². The van der Waals surface area contributed by atoms with Crippen molar-refractivity contribution in [3.8, 4) is 0 Å². The lowest BCUT2D eigenvalue weighted by atomic mass is 10.2. The highest BCUT2D eigenvalue weighted by molar-refractivity contribution is 5.75. The molecule has 0 spiro atoms. The second-order valence-electron chi connectivity index (χ2n) is 4.38. The summed E-state index contributed by atoms with van der Waals surface area (Å²) in [4.78, 5) is 20.4. The molecule has 0 fully saturated rings. The van der Waals surface area contributed by atoms with Gasteiger partial charge in [0.25, 0.3) is 0 Å². The number of rotatable bonds is 5. The van der Waals surface area contributed by atoms with Crippen molar-refractivity contribution >= 4 is 23.0 Å². The molecule has 2 rings (SSSR count). The van der Waals surface area contributed by atoms with E-state index >= 15 is 0 Å². The molecular formula is C13H16N6O2. The van der Waals surface area contributed by atoms with Crippen molar-refractivity contribution in [3.05, 3.63) is 46.3 Å². The average molecular weight is 288 g/mol. The van der Waals surface area contributed by atoms with Gasteiger partial charge in [-0.25, -0.2) is 15.8 Å². The summed E-state index contributed by atoms with van der Waals surface area (Å²) in [5, 5.41) is 11.3. The molecule has 3 N–H and O–H groups in total. The highest BCUT2D eigenvalue weighted by Crippen LogP contribution is 2.35. The molecular weight excluding hydrogens is 272 g/mol. The van der Waals surface area contributed by atoms with Gasteiger partial charge >= 0.3 is 5.69 Å². The first kappa shape index (κ1) is 14.7. The van der Waals surface area contributed by atoms with Crippen LogP contribution in [-0.2, 0) is 0 Å². The van der Waals surface area contributed by atoms with Gasteiger partial charge in [-0.2, -0.15) is 0 Å². The van der Waals surface area contributed by atoms with Crippen molar-refractivity contribution in [2.45, 2.75) is 13.8 Å². The molecule has 0 aliphatic carbocycles. The third-order valence-electron chi connectivity index (χ3n) is 3.04. The lowest BCUT2D eigenvalue weighted by Gasteiger charge is -2.22. The molecule has 1 aromatic heterocycles. The van der Waals surface area contributed by atoms with Crippen LogP contribution < -0.4 is 16.2 Å². The zero-order chi connectivity index (χ0) is 15.4. The minimum Gasteiger partial charge on any atom is -0.321 e. The predicted molar refractivity (Wildman–Crippen MR) is 80.4 cm³/mol. The van der Waals surface area contributed by atoms with Gasteiger partial charge in [-0.15, -0.1) is 0 Å². The lowest BCUT2D eigenvalue weighted by Crippen LogP contribution is -2.21. The molecule has 1 aromatic carbocycles. The number of nitrogens with zero attached hydrogens (tertiary/aromatic N) is 4. The van der Waals surface area contributed by atoms with Gasteiger partial charge < -0.3 is 10.3 Å². The summed E-state index contributed by atoms with van der Waals surface area (Å²) in [6.45, 7) is 4.38. The summed E-state index contributed by atoms with van der Waals surface area (Å²) >= 11 is 0. The molecule has 0 atom stereocenters. The molecule has 0 saturated heterocycles. The van der Waals surface area contributed by atoms with E-state index in [1.54, 1.807) is 4.90 Å². The van der Waals surface area contributed by atoms with Crippen LogP contribution in [0.1, 0.15) is 12.5 Å². The predicted octanol–water partition coefficient (Wildman–Crippen LogP) is 2.14. The van der Waals surface area contributed by atoms with E-state index in [1.165, 1.54) is 6.33 Å². The molecule has 2 aromatic rings. The Morgan fingerprint density at radius 2 is 2.00 bits per heavy atom. The zero-order valence-electron chi connectivity index (χ0n) is 11.8. The molecule has 0 saturated carbocycles. The third kappa shape index (κ3) is 2.90. The van der Waals surface area contributed by atoms with Gasteiger partial charge in [-0.05, 0) is 26.0 Å². The molecule has 0 aliphatic rings. The Labute approximate surface area is 121 Å². The zero-order valence-corrected chi connectivity index (χ0v) is 11.8. The number of nitrogens with one attached hydrogen (secondary N) is 1. The van der Waals surface area contributed by atoms with E-state index in [0.29, 0.717) is 6.54 Å². The van der Waals surface area contributed by atoms with Crippen molar-refractivity contribution in [3.63, 3.8) is 0 Å². The van der Waals surface area contributed by atoms with E-state index in [0.717, 1.165) is 11.3 Å². The minimum atomic E-state index is -0.540. The summed E-state index contributed by atoms with van der Waals surface area (Å²) in [6, 6.07) is 7.65. The maximum atomic E-state index is 11.3. The second-order valence-corrected chi connectivity index (χ2v) is 4.38. The maximum absolute atomic E-state index is 11.3. The SMILES string of the molecule is CCN(c1ccc(C)cc1)c1ncnc(NN)c1[N+](=O)[O-]. The van der Waals surface area contributed by atoms with Crippen molar-refractivity contribution in [2.75, 3.05) is 16.9 Å². The molecule has 0 unspecified atom stereocenters. The van der Waals surface area contributed by atoms with Crippen LogP contribution in [0.2, 0.25) is 0 Å². The van der Waals surface area contributed by atoms with Gasteiger partial charge in [0, 0.05) is 12.2 Å². The third-order valence-corrected chi connectivity index (χ3v) is 3.04. The number of nitro groups is 1. The summed E-state index contributed by atoms with van der Waals surface area (Å²) in [6.07, 6.45) is 1.24. The van der Waals surface area contributed by atoms with E-state index in [2.05, 4.69) is 15.4 Å². The number of hydrogen-bond acceptors (Lipinski definition) is 7. The molecule has 110 valence electrons. The van der Waals surface area contributed by atoms with Gasteiger partial charge in [-0.1, -0.05) is 17.7 Å². The topological polar surface area (TPSA) is 110 Å². The number of nitrogens with two attached hydrogens (primary N) is 1. The summed E-state index contributed by atoms with van der Waals surface area (Å²) in [5.74, 6) is 5.48. The fraction of sp³-hybridized carbons (Fsp3) is 0.231. The molecule has 0 bridgehead atoms. The maximum Gasteiger partial charge on any atom is 0.355 e. The first-order valence-electron chi connectivity index (χ1n) is 6.38. The van der Waals surface area contributed by atoms with Gasteiger partial charge in [0.2, 0.25) is 11.6 Å². The van der Waals surface area contributed by atoms with Crippen molar-refractivity contribution in [1.29, 1.82) is 0 Å². The first-order chi connectivity index (χ1) is 10.1. The number of nitrogen functional groups attached to an aromatic ring is 1. The van der Waals surface area contributed by atoms with Crippen LogP contribution in [0.25, 0.3) is 0 Å². The molecule has 8 heteroatoms. The van der Waals surface area contributed by atoms with Gasteiger partial charge in [0.15, 0.2) is 0 Å². The van der Waals surface area contributed by atoms with E-state index in [9.17, 15) is 10.1 Å². The summed E-state index contributed by atoms with van der Waals surface area (Å²) in [7, 11) is 0. The van der Waals surface area contributed by atoms with E-state index in [4.69, 9.17) is 5.84 Å². The molecule has 1 heterocycles. The minimum absolute atomic E-state index is 0.0180.